The average molecular weight is 219 g/mol. The smallest absolute Gasteiger partial charge is 0.0672 e. The fourth-order valence-corrected chi connectivity index (χ4v) is 2.99. The molecule has 2 rings (SSSR count). The fourth-order valence-electron chi connectivity index (χ4n) is 2.99. The molecule has 2 heteroatoms. The summed E-state index contributed by atoms with van der Waals surface area (Å²) in [5.41, 5.74) is 8.36. The highest BCUT2D eigenvalue weighted by atomic mass is 16.3. The highest BCUT2D eigenvalue weighted by molar-refractivity contribution is 5.41. The molecule has 88 valence electrons. The zero-order valence-corrected chi connectivity index (χ0v) is 10.1. The summed E-state index contributed by atoms with van der Waals surface area (Å²) in [5.74, 6) is 0.245. The molecule has 3 N–H and O–H groups in total. The predicted octanol–water partition coefficient (Wildman–Crippen LogP) is 1.85. The molecule has 0 aliphatic heterocycles. The Kier molecular flexibility index (Phi) is 3.04. The Labute approximate surface area is 97.5 Å². The third-order valence-electron chi connectivity index (χ3n) is 3.96. The minimum Gasteiger partial charge on any atom is -0.392 e. The molecule has 0 spiro atoms. The van der Waals surface area contributed by atoms with Crippen molar-refractivity contribution >= 4 is 0 Å². The van der Waals surface area contributed by atoms with Crippen LogP contribution in [0.5, 0.6) is 0 Å². The van der Waals surface area contributed by atoms with Crippen LogP contribution in [0.15, 0.2) is 24.3 Å². The monoisotopic (exact) mass is 219 g/mol. The van der Waals surface area contributed by atoms with Crippen molar-refractivity contribution in [2.75, 3.05) is 6.54 Å². The standard InChI is InChI=1S/C14H21NO/c1-10(2)13(16)14(9-15)8-7-11-5-3-4-6-12(11)14/h3-6,10,13,16H,7-9,15H2,1-2H3. The van der Waals surface area contributed by atoms with Crippen LogP contribution in [0.25, 0.3) is 0 Å². The lowest BCUT2D eigenvalue weighted by Gasteiger charge is -2.36. The maximum Gasteiger partial charge on any atom is 0.0672 e. The van der Waals surface area contributed by atoms with Gasteiger partial charge in [-0.3, -0.25) is 0 Å². The molecule has 0 aromatic heterocycles. The van der Waals surface area contributed by atoms with Crippen molar-refractivity contribution in [3.8, 4) is 0 Å². The molecule has 0 saturated carbocycles. The van der Waals surface area contributed by atoms with E-state index in [-0.39, 0.29) is 17.4 Å². The molecule has 1 aromatic rings. The van der Waals surface area contributed by atoms with Gasteiger partial charge in [-0.05, 0) is 29.9 Å². The molecule has 2 unspecified atom stereocenters. The third-order valence-corrected chi connectivity index (χ3v) is 3.96. The summed E-state index contributed by atoms with van der Waals surface area (Å²) >= 11 is 0. The van der Waals surface area contributed by atoms with E-state index in [0.717, 1.165) is 12.8 Å². The highest BCUT2D eigenvalue weighted by Gasteiger charge is 2.44. The van der Waals surface area contributed by atoms with Crippen molar-refractivity contribution in [2.45, 2.75) is 38.2 Å². The first-order valence-electron chi connectivity index (χ1n) is 6.08. The maximum absolute atomic E-state index is 10.4. The molecule has 0 bridgehead atoms. The van der Waals surface area contributed by atoms with Crippen LogP contribution in [-0.2, 0) is 11.8 Å². The minimum absolute atomic E-state index is 0.218. The van der Waals surface area contributed by atoms with Crippen LogP contribution in [0.2, 0.25) is 0 Å². The van der Waals surface area contributed by atoms with Gasteiger partial charge in [0, 0.05) is 12.0 Å². The second-order valence-corrected chi connectivity index (χ2v) is 5.21. The molecule has 16 heavy (non-hydrogen) atoms. The molecule has 1 aromatic carbocycles. The molecule has 0 fully saturated rings. The van der Waals surface area contributed by atoms with E-state index < -0.39 is 0 Å². The van der Waals surface area contributed by atoms with Crippen LogP contribution in [0.3, 0.4) is 0 Å². The van der Waals surface area contributed by atoms with Crippen molar-refractivity contribution in [2.24, 2.45) is 11.7 Å². The van der Waals surface area contributed by atoms with Gasteiger partial charge >= 0.3 is 0 Å². The molecule has 2 atom stereocenters. The van der Waals surface area contributed by atoms with E-state index in [0.29, 0.717) is 6.54 Å². The summed E-state index contributed by atoms with van der Waals surface area (Å²) in [5, 5.41) is 10.4. The average Bonchev–Trinajstić information content (AvgIpc) is 2.68. The molecule has 1 aliphatic rings. The Bertz CT molecular complexity index is 375. The van der Waals surface area contributed by atoms with Crippen molar-refractivity contribution < 1.29 is 5.11 Å². The molecule has 1 aliphatic carbocycles. The fraction of sp³-hybridized carbons (Fsp3) is 0.571. The van der Waals surface area contributed by atoms with Crippen LogP contribution in [0, 0.1) is 5.92 Å². The minimum atomic E-state index is -0.346. The summed E-state index contributed by atoms with van der Waals surface area (Å²) in [6.45, 7) is 4.65. The third kappa shape index (κ3) is 1.57. The SMILES string of the molecule is CC(C)C(O)C1(CN)CCc2ccccc21. The van der Waals surface area contributed by atoms with Gasteiger partial charge in [-0.2, -0.15) is 0 Å². The van der Waals surface area contributed by atoms with Gasteiger partial charge in [-0.25, -0.2) is 0 Å². The first-order valence-corrected chi connectivity index (χ1v) is 6.08. The Morgan fingerprint density at radius 1 is 1.38 bits per heavy atom. The van der Waals surface area contributed by atoms with Gasteiger partial charge < -0.3 is 10.8 Å². The summed E-state index contributed by atoms with van der Waals surface area (Å²) in [4.78, 5) is 0. The first-order chi connectivity index (χ1) is 7.62. The number of aryl methyl sites for hydroxylation is 1. The Morgan fingerprint density at radius 2 is 2.06 bits per heavy atom. The van der Waals surface area contributed by atoms with Crippen LogP contribution in [0.1, 0.15) is 31.4 Å². The second kappa shape index (κ2) is 4.19. The topological polar surface area (TPSA) is 46.2 Å². The summed E-state index contributed by atoms with van der Waals surface area (Å²) in [7, 11) is 0. The van der Waals surface area contributed by atoms with Crippen molar-refractivity contribution in [3.63, 3.8) is 0 Å². The van der Waals surface area contributed by atoms with Gasteiger partial charge in [0.05, 0.1) is 6.10 Å². The molecule has 0 heterocycles. The van der Waals surface area contributed by atoms with Gasteiger partial charge in [-0.15, -0.1) is 0 Å². The highest BCUT2D eigenvalue weighted by Crippen LogP contribution is 2.42. The van der Waals surface area contributed by atoms with E-state index >= 15 is 0 Å². The van der Waals surface area contributed by atoms with Crippen molar-refractivity contribution in [1.82, 2.24) is 0 Å². The molecular formula is C14H21NO. The largest absolute Gasteiger partial charge is 0.392 e. The number of nitrogens with two attached hydrogens (primary N) is 1. The molecular weight excluding hydrogens is 198 g/mol. The van der Waals surface area contributed by atoms with Gasteiger partial charge in [-0.1, -0.05) is 38.1 Å². The number of rotatable bonds is 3. The van der Waals surface area contributed by atoms with Crippen LogP contribution in [-0.4, -0.2) is 17.8 Å². The number of hydrogen-bond donors (Lipinski definition) is 2. The Hall–Kier alpha value is -0.860. The predicted molar refractivity (Wildman–Crippen MR) is 66.3 cm³/mol. The van der Waals surface area contributed by atoms with Crippen LogP contribution >= 0.6 is 0 Å². The van der Waals surface area contributed by atoms with Crippen LogP contribution in [0.4, 0.5) is 0 Å². The number of fused-ring (bicyclic) bond motifs is 1. The Balaban J connectivity index is 2.45. The van der Waals surface area contributed by atoms with Gasteiger partial charge in [0.25, 0.3) is 0 Å². The summed E-state index contributed by atoms with van der Waals surface area (Å²) in [6, 6.07) is 8.38. The lowest BCUT2D eigenvalue weighted by Crippen LogP contribution is -2.46. The van der Waals surface area contributed by atoms with Gasteiger partial charge in [0.1, 0.15) is 0 Å². The quantitative estimate of drug-likeness (QED) is 0.815. The number of aliphatic hydroxyl groups is 1. The zero-order valence-electron chi connectivity index (χ0n) is 10.1. The zero-order chi connectivity index (χ0) is 11.8. The van der Waals surface area contributed by atoms with Crippen LogP contribution < -0.4 is 5.73 Å². The molecule has 0 amide bonds. The van der Waals surface area contributed by atoms with Crippen molar-refractivity contribution in [3.05, 3.63) is 35.4 Å². The molecule has 0 radical (unpaired) electrons. The van der Waals surface area contributed by atoms with E-state index in [9.17, 15) is 5.11 Å². The Morgan fingerprint density at radius 3 is 2.69 bits per heavy atom. The number of benzene rings is 1. The van der Waals surface area contributed by atoms with E-state index in [2.05, 4.69) is 32.0 Å². The summed E-state index contributed by atoms with van der Waals surface area (Å²) in [6.07, 6.45) is 1.67. The molecule has 2 nitrogen and oxygen atoms in total. The lowest BCUT2D eigenvalue weighted by molar-refractivity contribution is 0.0440. The second-order valence-electron chi connectivity index (χ2n) is 5.21. The van der Waals surface area contributed by atoms with E-state index in [1.165, 1.54) is 11.1 Å². The number of hydrogen-bond acceptors (Lipinski definition) is 2. The number of aliphatic hydroxyl groups excluding tert-OH is 1. The first kappa shape index (κ1) is 11.6. The van der Waals surface area contributed by atoms with E-state index in [1.807, 2.05) is 6.07 Å². The van der Waals surface area contributed by atoms with E-state index in [1.54, 1.807) is 0 Å². The van der Waals surface area contributed by atoms with Gasteiger partial charge in [0.15, 0.2) is 0 Å². The van der Waals surface area contributed by atoms with E-state index in [4.69, 9.17) is 5.73 Å². The lowest BCUT2D eigenvalue weighted by atomic mass is 9.73. The summed E-state index contributed by atoms with van der Waals surface area (Å²) < 4.78 is 0. The van der Waals surface area contributed by atoms with Gasteiger partial charge in [0.2, 0.25) is 0 Å². The molecule has 0 saturated heterocycles. The maximum atomic E-state index is 10.4. The normalized spacial score (nSPS) is 25.8. The van der Waals surface area contributed by atoms with Crippen molar-refractivity contribution in [1.29, 1.82) is 0 Å².